The summed E-state index contributed by atoms with van der Waals surface area (Å²) in [5.41, 5.74) is 7.14. The summed E-state index contributed by atoms with van der Waals surface area (Å²) in [7, 11) is 3.05. The van der Waals surface area contributed by atoms with Gasteiger partial charge in [0.15, 0.2) is 0 Å². The molecule has 3 aliphatic heterocycles. The van der Waals surface area contributed by atoms with Crippen molar-refractivity contribution in [1.82, 2.24) is 35.5 Å². The Hall–Kier alpha value is -4.94. The molecule has 4 N–H and O–H groups in total. The number of H-pyrrole nitrogens is 2. The molecule has 2 amide bonds. The third kappa shape index (κ3) is 5.75. The predicted molar refractivity (Wildman–Crippen MR) is 190 cm³/mol. The highest BCUT2D eigenvalue weighted by molar-refractivity contribution is 6.07. The van der Waals surface area contributed by atoms with Gasteiger partial charge in [0.1, 0.15) is 30.0 Å². The van der Waals surface area contributed by atoms with Crippen LogP contribution in [0.3, 0.4) is 0 Å². The standard InChI is InChI=1S/C38H43N7O5/c1-20(2)33(44-38(47)49-4)37(46)45-11-5-6-31(45)36-41-28-10-8-22-14-27-25-9-7-23(13-24(25)19-50-32(27)15-26(22)34(28)43-36)30-17-40-35(42-30)29-12-21(16-39-29)18-48-3/h7-10,13-15,17,20-21,29,31,33,39H,5-6,11-12,16,18-19H2,1-4H3,(H,40,42)(H,41,43)(H,44,47). The number of alkyl carbamates (subject to hydrolysis) is 1. The van der Waals surface area contributed by atoms with Crippen molar-refractivity contribution in [3.8, 4) is 28.1 Å². The number of aromatic amines is 2. The Morgan fingerprint density at radius 2 is 1.96 bits per heavy atom. The van der Waals surface area contributed by atoms with Crippen LogP contribution in [0.2, 0.25) is 0 Å². The molecular formula is C38H43N7O5. The molecule has 4 unspecified atom stereocenters. The van der Waals surface area contributed by atoms with Crippen LogP contribution < -0.4 is 15.4 Å². The van der Waals surface area contributed by atoms with E-state index in [0.717, 1.165) is 99.6 Å². The average molecular weight is 678 g/mol. The number of rotatable bonds is 8. The summed E-state index contributed by atoms with van der Waals surface area (Å²) in [6, 6.07) is 14.3. The van der Waals surface area contributed by atoms with Crippen molar-refractivity contribution in [2.75, 3.05) is 33.9 Å². The van der Waals surface area contributed by atoms with Crippen LogP contribution >= 0.6 is 0 Å². The topological polar surface area (TPSA) is 146 Å². The lowest BCUT2D eigenvalue weighted by atomic mass is 9.92. The zero-order chi connectivity index (χ0) is 34.5. The lowest BCUT2D eigenvalue weighted by Gasteiger charge is -2.29. The number of carbonyl (C=O) groups is 2. The molecule has 0 saturated carbocycles. The second kappa shape index (κ2) is 13.1. The van der Waals surface area contributed by atoms with Gasteiger partial charge in [-0.2, -0.15) is 0 Å². The van der Waals surface area contributed by atoms with E-state index in [-0.39, 0.29) is 23.9 Å². The Kier molecular flexibility index (Phi) is 8.44. The van der Waals surface area contributed by atoms with Crippen molar-refractivity contribution in [3.05, 3.63) is 65.9 Å². The van der Waals surface area contributed by atoms with Crippen LogP contribution in [0.1, 0.15) is 62.4 Å². The van der Waals surface area contributed by atoms with Crippen LogP contribution in [0.25, 0.3) is 44.2 Å². The number of hydrogen-bond donors (Lipinski definition) is 4. The molecule has 12 nitrogen and oxygen atoms in total. The van der Waals surface area contributed by atoms with E-state index in [4.69, 9.17) is 24.2 Å². The van der Waals surface area contributed by atoms with E-state index in [1.807, 2.05) is 24.9 Å². The number of likely N-dealkylation sites (tertiary alicyclic amines) is 1. The monoisotopic (exact) mass is 677 g/mol. The molecule has 0 bridgehead atoms. The van der Waals surface area contributed by atoms with Gasteiger partial charge in [-0.05, 0) is 77.4 Å². The van der Waals surface area contributed by atoms with E-state index in [9.17, 15) is 9.59 Å². The number of nitrogens with one attached hydrogen (secondary N) is 4. The Balaban J connectivity index is 1.06. The molecule has 2 fully saturated rings. The largest absolute Gasteiger partial charge is 0.488 e. The van der Waals surface area contributed by atoms with Crippen molar-refractivity contribution in [3.63, 3.8) is 0 Å². The van der Waals surface area contributed by atoms with Crippen molar-refractivity contribution < 1.29 is 23.8 Å². The Labute approximate surface area is 290 Å². The first-order chi connectivity index (χ1) is 24.3. The van der Waals surface area contributed by atoms with E-state index in [1.165, 1.54) is 7.11 Å². The molecule has 0 spiro atoms. The maximum Gasteiger partial charge on any atom is 0.407 e. The van der Waals surface area contributed by atoms with Gasteiger partial charge in [0, 0.05) is 31.1 Å². The Morgan fingerprint density at radius 1 is 1.08 bits per heavy atom. The van der Waals surface area contributed by atoms with Gasteiger partial charge in [-0.25, -0.2) is 14.8 Å². The molecule has 3 aliphatic rings. The number of amides is 2. The van der Waals surface area contributed by atoms with E-state index in [2.05, 4.69) is 63.1 Å². The fraction of sp³-hybridized carbons (Fsp3) is 0.421. The van der Waals surface area contributed by atoms with Crippen LogP contribution in [0.4, 0.5) is 4.79 Å². The molecule has 0 aliphatic carbocycles. The number of fused-ring (bicyclic) bond motifs is 6. The molecule has 5 aromatic rings. The molecule has 5 heterocycles. The van der Waals surface area contributed by atoms with Crippen LogP contribution in [0.15, 0.2) is 48.7 Å². The maximum atomic E-state index is 13.7. The number of methoxy groups -OCH3 is 2. The van der Waals surface area contributed by atoms with Gasteiger partial charge in [-0.15, -0.1) is 0 Å². The molecule has 50 heavy (non-hydrogen) atoms. The summed E-state index contributed by atoms with van der Waals surface area (Å²) >= 11 is 0. The highest BCUT2D eigenvalue weighted by Crippen LogP contribution is 2.43. The SMILES string of the molecule is COCC1CNC(c2ncc(-c3ccc4c(c3)COc3cc5c(ccc6[nH]c(C7CCCN7C(=O)C(NC(=O)OC)C(C)C)nc65)cc3-4)[nH]2)C1. The molecule has 2 aromatic heterocycles. The van der Waals surface area contributed by atoms with Gasteiger partial charge in [-0.1, -0.05) is 32.0 Å². The van der Waals surface area contributed by atoms with Crippen LogP contribution in [0.5, 0.6) is 5.75 Å². The highest BCUT2D eigenvalue weighted by atomic mass is 16.5. The van der Waals surface area contributed by atoms with Crippen molar-refractivity contribution >= 4 is 33.8 Å². The molecule has 12 heteroatoms. The average Bonchev–Trinajstić information content (AvgIpc) is 3.95. The van der Waals surface area contributed by atoms with E-state index >= 15 is 0 Å². The second-order valence-electron chi connectivity index (χ2n) is 14.1. The quantitative estimate of drug-likeness (QED) is 0.156. The van der Waals surface area contributed by atoms with Gasteiger partial charge in [-0.3, -0.25) is 4.79 Å². The fourth-order valence-electron chi connectivity index (χ4n) is 7.86. The normalized spacial score (nSPS) is 20.6. The number of hydrogen-bond acceptors (Lipinski definition) is 8. The molecule has 0 radical (unpaired) electrons. The summed E-state index contributed by atoms with van der Waals surface area (Å²) in [4.78, 5) is 44.4. The zero-order valence-electron chi connectivity index (χ0n) is 28.8. The second-order valence-corrected chi connectivity index (χ2v) is 14.1. The highest BCUT2D eigenvalue weighted by Gasteiger charge is 2.38. The maximum absolute atomic E-state index is 13.7. The summed E-state index contributed by atoms with van der Waals surface area (Å²) in [6.07, 6.45) is 3.95. The smallest absolute Gasteiger partial charge is 0.407 e. The van der Waals surface area contributed by atoms with Crippen molar-refractivity contribution in [2.45, 2.75) is 57.8 Å². The van der Waals surface area contributed by atoms with Gasteiger partial charge in [0.2, 0.25) is 5.91 Å². The lowest BCUT2D eigenvalue weighted by Crippen LogP contribution is -2.51. The molecule has 2 saturated heterocycles. The number of carbonyl (C=O) groups excluding carboxylic acids is 2. The van der Waals surface area contributed by atoms with Gasteiger partial charge in [0.25, 0.3) is 0 Å². The number of ether oxygens (including phenoxy) is 3. The van der Waals surface area contributed by atoms with Gasteiger partial charge < -0.3 is 39.7 Å². The number of nitrogens with zero attached hydrogens (tertiary/aromatic N) is 3. The van der Waals surface area contributed by atoms with Gasteiger partial charge in [0.05, 0.1) is 48.7 Å². The first-order valence-electron chi connectivity index (χ1n) is 17.5. The lowest BCUT2D eigenvalue weighted by molar-refractivity contribution is -0.135. The summed E-state index contributed by atoms with van der Waals surface area (Å²) < 4.78 is 16.5. The first kappa shape index (κ1) is 32.3. The Morgan fingerprint density at radius 3 is 2.78 bits per heavy atom. The molecular weight excluding hydrogens is 634 g/mol. The minimum absolute atomic E-state index is 0.0994. The Bertz CT molecular complexity index is 2090. The molecule has 4 atom stereocenters. The van der Waals surface area contributed by atoms with Crippen LogP contribution in [-0.4, -0.2) is 76.8 Å². The summed E-state index contributed by atoms with van der Waals surface area (Å²) in [5, 5.41) is 8.34. The van der Waals surface area contributed by atoms with Crippen molar-refractivity contribution in [1.29, 1.82) is 0 Å². The van der Waals surface area contributed by atoms with E-state index < -0.39 is 12.1 Å². The zero-order valence-corrected chi connectivity index (χ0v) is 28.8. The molecule has 260 valence electrons. The molecule has 3 aromatic carbocycles. The predicted octanol–water partition coefficient (Wildman–Crippen LogP) is 6.01. The fourth-order valence-corrected chi connectivity index (χ4v) is 7.86. The van der Waals surface area contributed by atoms with Crippen LogP contribution in [-0.2, 0) is 20.9 Å². The minimum atomic E-state index is -0.684. The summed E-state index contributed by atoms with van der Waals surface area (Å²) in [6.45, 7) is 6.58. The molecule has 8 rings (SSSR count). The minimum Gasteiger partial charge on any atom is -0.488 e. The number of aromatic nitrogens is 4. The van der Waals surface area contributed by atoms with E-state index in [1.54, 1.807) is 7.11 Å². The van der Waals surface area contributed by atoms with Crippen molar-refractivity contribution in [2.24, 2.45) is 11.8 Å². The summed E-state index contributed by atoms with van der Waals surface area (Å²) in [5.74, 6) is 2.80. The number of benzene rings is 3. The first-order valence-corrected chi connectivity index (χ1v) is 17.5. The van der Waals surface area contributed by atoms with E-state index in [0.29, 0.717) is 19.1 Å². The third-order valence-corrected chi connectivity index (χ3v) is 10.5. The third-order valence-electron chi connectivity index (χ3n) is 10.5. The van der Waals surface area contributed by atoms with Crippen LogP contribution in [0, 0.1) is 11.8 Å². The number of imidazole rings is 2. The van der Waals surface area contributed by atoms with Gasteiger partial charge >= 0.3 is 6.09 Å².